The van der Waals surface area contributed by atoms with Crippen LogP contribution in [0.5, 0.6) is 0 Å². The molecule has 10 heteroatoms. The second-order valence-electron chi connectivity index (χ2n) is 18.5. The zero-order chi connectivity index (χ0) is 43.9. The molecule has 0 spiro atoms. The number of carbonyl (C=O) groups is 1. The molecular weight excluding hydrogens is 757 g/mol. The van der Waals surface area contributed by atoms with Crippen LogP contribution in [0.4, 0.5) is 0 Å². The summed E-state index contributed by atoms with van der Waals surface area (Å²) in [5, 5.41) is 55.9. The van der Waals surface area contributed by atoms with E-state index >= 15 is 0 Å². The summed E-state index contributed by atoms with van der Waals surface area (Å²) in [5.74, 6) is -0.232. The molecule has 358 valence electrons. The molecule has 0 aromatic heterocycles. The molecule has 1 saturated heterocycles. The molecule has 1 fully saturated rings. The lowest BCUT2D eigenvalue weighted by Gasteiger charge is -2.40. The normalized spacial score (nSPS) is 21.0. The number of hydrogen-bond donors (Lipinski definition) is 7. The summed E-state index contributed by atoms with van der Waals surface area (Å²) in [6, 6.07) is -0.953. The van der Waals surface area contributed by atoms with Crippen molar-refractivity contribution in [2.45, 2.75) is 300 Å². The van der Waals surface area contributed by atoms with E-state index in [0.717, 1.165) is 38.5 Å². The molecule has 10 nitrogen and oxygen atoms in total. The van der Waals surface area contributed by atoms with Crippen LogP contribution < -0.4 is 11.1 Å². The number of hydrogen-bond acceptors (Lipinski definition) is 9. The van der Waals surface area contributed by atoms with Crippen molar-refractivity contribution in [3.8, 4) is 0 Å². The lowest BCUT2D eigenvalue weighted by atomic mass is 9.98. The summed E-state index contributed by atoms with van der Waals surface area (Å²) >= 11 is 0. The zero-order valence-electron chi connectivity index (χ0n) is 39.2. The maximum absolute atomic E-state index is 13.0. The Morgan fingerprint density at radius 1 is 0.533 bits per heavy atom. The summed E-state index contributed by atoms with van der Waals surface area (Å²) in [4.78, 5) is 13.0. The van der Waals surface area contributed by atoms with E-state index in [-0.39, 0.29) is 19.1 Å². The number of carbonyl (C=O) groups excluding carboxylic acids is 1. The second-order valence-corrected chi connectivity index (χ2v) is 18.5. The van der Waals surface area contributed by atoms with Crippen LogP contribution >= 0.6 is 0 Å². The van der Waals surface area contributed by atoms with Gasteiger partial charge < -0.3 is 46.1 Å². The highest BCUT2D eigenvalue weighted by molar-refractivity contribution is 5.76. The van der Waals surface area contributed by atoms with Gasteiger partial charge in [-0.2, -0.15) is 0 Å². The highest BCUT2D eigenvalue weighted by Crippen LogP contribution is 2.23. The molecule has 8 N–H and O–H groups in total. The van der Waals surface area contributed by atoms with Crippen molar-refractivity contribution in [2.75, 3.05) is 13.2 Å². The van der Waals surface area contributed by atoms with Crippen LogP contribution in [0.2, 0.25) is 0 Å². The summed E-state index contributed by atoms with van der Waals surface area (Å²) in [5.41, 5.74) is 5.68. The molecule has 0 saturated carbocycles. The van der Waals surface area contributed by atoms with E-state index in [2.05, 4.69) is 19.2 Å². The quantitative estimate of drug-likeness (QED) is 0.0294. The van der Waals surface area contributed by atoms with Gasteiger partial charge in [0, 0.05) is 13.0 Å². The van der Waals surface area contributed by atoms with E-state index in [9.17, 15) is 30.3 Å². The number of ether oxygens (including phenoxy) is 2. The van der Waals surface area contributed by atoms with Gasteiger partial charge in [-0.25, -0.2) is 0 Å². The van der Waals surface area contributed by atoms with Gasteiger partial charge in [-0.3, -0.25) is 4.79 Å². The first kappa shape index (κ1) is 57.2. The molecule has 8 atom stereocenters. The smallest absolute Gasteiger partial charge is 0.220 e. The van der Waals surface area contributed by atoms with Crippen LogP contribution in [-0.2, 0) is 14.3 Å². The highest BCUT2D eigenvalue weighted by atomic mass is 16.7. The zero-order valence-corrected chi connectivity index (χ0v) is 39.2. The van der Waals surface area contributed by atoms with E-state index in [4.69, 9.17) is 15.2 Å². The average molecular weight is 857 g/mol. The number of nitrogens with one attached hydrogen (secondary N) is 1. The minimum absolute atomic E-state index is 0.0923. The van der Waals surface area contributed by atoms with E-state index in [1.807, 2.05) is 0 Å². The lowest BCUT2D eigenvalue weighted by Crippen LogP contribution is -2.61. The van der Waals surface area contributed by atoms with E-state index in [1.165, 1.54) is 186 Å². The Balaban J connectivity index is 2.26. The van der Waals surface area contributed by atoms with Gasteiger partial charge in [0.25, 0.3) is 0 Å². The third-order valence-electron chi connectivity index (χ3n) is 12.9. The minimum atomic E-state index is -1.55. The fraction of sp³-hybridized carbons (Fsp3) is 0.980. The van der Waals surface area contributed by atoms with E-state index in [1.54, 1.807) is 0 Å². The molecule has 1 heterocycles. The predicted molar refractivity (Wildman–Crippen MR) is 248 cm³/mol. The summed E-state index contributed by atoms with van der Waals surface area (Å²) < 4.78 is 11.4. The standard InChI is InChI=1S/C50H100N2O8/c1-3-5-7-9-11-13-15-17-18-19-20-21-22-23-24-25-26-27-29-31-33-35-37-39-45(54)52-42(41-59-50-49(58)48(57)47(56)44(40-51)60-50)46(55)43(53)38-36-34-32-30-28-16-14-12-10-8-6-4-2/h42-44,46-50,53,55-58H,3-41,51H2,1-2H3,(H,52,54)/t42-,43+,44?,46?,47?,48?,49?,50?/m0/s1. The van der Waals surface area contributed by atoms with E-state index in [0.29, 0.717) is 12.8 Å². The van der Waals surface area contributed by atoms with Gasteiger partial charge in [0.15, 0.2) is 6.29 Å². The van der Waals surface area contributed by atoms with Gasteiger partial charge in [-0.05, 0) is 12.8 Å². The number of rotatable bonds is 44. The van der Waals surface area contributed by atoms with Crippen molar-refractivity contribution in [2.24, 2.45) is 5.73 Å². The summed E-state index contributed by atoms with van der Waals surface area (Å²) in [6.45, 7) is 4.17. The van der Waals surface area contributed by atoms with Crippen molar-refractivity contribution >= 4 is 5.91 Å². The van der Waals surface area contributed by atoms with Crippen LogP contribution in [-0.4, -0.2) is 93.5 Å². The number of aliphatic hydroxyl groups is 5. The summed E-state index contributed by atoms with van der Waals surface area (Å²) in [7, 11) is 0. The SMILES string of the molecule is CCCCCCCCCCCCCCCCCCCCCCCCCC(=O)N[C@@H](COC1OC(CN)C(O)C(O)C1O)C(O)[C@H](O)CCCCCCCCCCCCCC. The van der Waals surface area contributed by atoms with Crippen molar-refractivity contribution in [1.29, 1.82) is 0 Å². The number of amides is 1. The molecule has 1 aliphatic heterocycles. The predicted octanol–water partition coefficient (Wildman–Crippen LogP) is 10.4. The van der Waals surface area contributed by atoms with Crippen molar-refractivity contribution in [3.05, 3.63) is 0 Å². The van der Waals surface area contributed by atoms with Crippen LogP contribution in [0.15, 0.2) is 0 Å². The Morgan fingerprint density at radius 3 is 1.25 bits per heavy atom. The number of aliphatic hydroxyl groups excluding tert-OH is 5. The maximum atomic E-state index is 13.0. The number of nitrogens with two attached hydrogens (primary N) is 1. The van der Waals surface area contributed by atoms with E-state index < -0.39 is 49.0 Å². The lowest BCUT2D eigenvalue weighted by molar-refractivity contribution is -0.296. The fourth-order valence-corrected chi connectivity index (χ4v) is 8.66. The van der Waals surface area contributed by atoms with Gasteiger partial charge in [0.2, 0.25) is 5.91 Å². The highest BCUT2D eigenvalue weighted by Gasteiger charge is 2.44. The van der Waals surface area contributed by atoms with Crippen molar-refractivity contribution in [3.63, 3.8) is 0 Å². The second kappa shape index (κ2) is 40.9. The van der Waals surface area contributed by atoms with Gasteiger partial charge in [-0.15, -0.1) is 0 Å². The Morgan fingerprint density at radius 2 is 0.883 bits per heavy atom. The Kier molecular flexibility index (Phi) is 39.0. The average Bonchev–Trinajstić information content (AvgIpc) is 3.25. The number of unbranched alkanes of at least 4 members (excludes halogenated alkanes) is 33. The Labute approximate surface area is 369 Å². The monoisotopic (exact) mass is 857 g/mol. The molecule has 0 aromatic carbocycles. The minimum Gasteiger partial charge on any atom is -0.390 e. The third-order valence-corrected chi connectivity index (χ3v) is 12.9. The molecule has 1 aliphatic rings. The maximum Gasteiger partial charge on any atom is 0.220 e. The molecule has 60 heavy (non-hydrogen) atoms. The van der Waals surface area contributed by atoms with Crippen LogP contribution in [0.25, 0.3) is 0 Å². The molecule has 0 bridgehead atoms. The molecule has 1 rings (SSSR count). The third kappa shape index (κ3) is 30.3. The fourth-order valence-electron chi connectivity index (χ4n) is 8.66. The molecule has 6 unspecified atom stereocenters. The summed E-state index contributed by atoms with van der Waals surface area (Å²) in [6.07, 6.45) is 36.3. The first-order chi connectivity index (χ1) is 29.3. The van der Waals surface area contributed by atoms with Crippen LogP contribution in [0, 0.1) is 0 Å². The molecule has 0 aliphatic carbocycles. The van der Waals surface area contributed by atoms with Gasteiger partial charge >= 0.3 is 0 Å². The Bertz CT molecular complexity index is 929. The van der Waals surface area contributed by atoms with Gasteiger partial charge in [0.05, 0.1) is 18.8 Å². The molecule has 0 aromatic rings. The largest absolute Gasteiger partial charge is 0.390 e. The van der Waals surface area contributed by atoms with Gasteiger partial charge in [-0.1, -0.05) is 232 Å². The molecule has 1 amide bonds. The van der Waals surface area contributed by atoms with Gasteiger partial charge in [0.1, 0.15) is 30.5 Å². The Hall–Kier alpha value is -0.850. The van der Waals surface area contributed by atoms with Crippen molar-refractivity contribution < 1.29 is 39.8 Å². The molecule has 0 radical (unpaired) electrons. The van der Waals surface area contributed by atoms with Crippen LogP contribution in [0.1, 0.15) is 251 Å². The topological polar surface area (TPSA) is 175 Å². The van der Waals surface area contributed by atoms with Crippen molar-refractivity contribution in [1.82, 2.24) is 5.32 Å². The molecular formula is C50H100N2O8. The first-order valence-electron chi connectivity index (χ1n) is 25.9. The first-order valence-corrected chi connectivity index (χ1v) is 25.9. The van der Waals surface area contributed by atoms with Crippen LogP contribution in [0.3, 0.4) is 0 Å².